The molecule has 0 bridgehead atoms. The first-order chi connectivity index (χ1) is 13.8. The monoisotopic (exact) mass is 393 g/mol. The number of para-hydroxylation sites is 1. The molecule has 1 amide bonds. The molecule has 0 unspecified atom stereocenters. The quantitative estimate of drug-likeness (QED) is 0.624. The molecular formula is C21H23N5OS. The fourth-order valence-electron chi connectivity index (χ4n) is 3.47. The van der Waals surface area contributed by atoms with Crippen molar-refractivity contribution in [3.63, 3.8) is 0 Å². The van der Waals surface area contributed by atoms with Gasteiger partial charge < -0.3 is 4.90 Å². The summed E-state index contributed by atoms with van der Waals surface area (Å²) in [5.74, 6) is 0.0419. The van der Waals surface area contributed by atoms with Crippen molar-refractivity contribution in [3.05, 3.63) is 72.3 Å². The largest absolute Gasteiger partial charge is 0.335 e. The number of carbonyl (C=O) groups is 1. The molecule has 0 saturated carbocycles. The Hall–Kier alpha value is -2.64. The molecule has 0 radical (unpaired) electrons. The molecule has 3 aromatic rings. The van der Waals surface area contributed by atoms with Crippen molar-refractivity contribution in [2.24, 2.45) is 0 Å². The highest BCUT2D eigenvalue weighted by Crippen LogP contribution is 2.23. The minimum Gasteiger partial charge on any atom is -0.335 e. The highest BCUT2D eigenvalue weighted by molar-refractivity contribution is 7.98. The lowest BCUT2D eigenvalue weighted by atomic mass is 10.2. The number of nitrogens with zero attached hydrogens (tertiary/aromatic N) is 5. The molecule has 6 nitrogen and oxygen atoms in total. The zero-order chi connectivity index (χ0) is 19.3. The number of carbonyl (C=O) groups excluding carboxylic acids is 1. The van der Waals surface area contributed by atoms with Gasteiger partial charge in [0.1, 0.15) is 5.69 Å². The van der Waals surface area contributed by atoms with Crippen molar-refractivity contribution in [3.8, 4) is 5.69 Å². The highest BCUT2D eigenvalue weighted by atomic mass is 32.2. The highest BCUT2D eigenvalue weighted by Gasteiger charge is 2.26. The van der Waals surface area contributed by atoms with Crippen LogP contribution in [0.15, 0.2) is 66.2 Å². The molecule has 3 heterocycles. The molecular weight excluding hydrogens is 370 g/mol. The van der Waals surface area contributed by atoms with Gasteiger partial charge in [0.05, 0.1) is 6.20 Å². The van der Waals surface area contributed by atoms with Crippen LogP contribution in [0.2, 0.25) is 0 Å². The van der Waals surface area contributed by atoms with Crippen molar-refractivity contribution in [2.75, 3.05) is 32.4 Å². The zero-order valence-corrected chi connectivity index (χ0v) is 16.7. The second kappa shape index (κ2) is 8.58. The average Bonchev–Trinajstić information content (AvgIpc) is 3.19. The summed E-state index contributed by atoms with van der Waals surface area (Å²) in [4.78, 5) is 26.1. The lowest BCUT2D eigenvalue weighted by Crippen LogP contribution is -2.48. The molecule has 0 spiro atoms. The van der Waals surface area contributed by atoms with Gasteiger partial charge in [-0.3, -0.25) is 19.2 Å². The molecule has 0 N–H and O–H groups in total. The minimum absolute atomic E-state index is 0.0419. The van der Waals surface area contributed by atoms with E-state index < -0.39 is 0 Å². The zero-order valence-electron chi connectivity index (χ0n) is 15.9. The Balaban J connectivity index is 1.47. The lowest BCUT2D eigenvalue weighted by Gasteiger charge is -2.34. The van der Waals surface area contributed by atoms with E-state index in [0.717, 1.165) is 43.6 Å². The predicted molar refractivity (Wildman–Crippen MR) is 111 cm³/mol. The van der Waals surface area contributed by atoms with Crippen LogP contribution < -0.4 is 0 Å². The van der Waals surface area contributed by atoms with Gasteiger partial charge in [0.15, 0.2) is 5.16 Å². The summed E-state index contributed by atoms with van der Waals surface area (Å²) in [5.41, 5.74) is 2.84. The van der Waals surface area contributed by atoms with E-state index in [1.54, 1.807) is 18.0 Å². The van der Waals surface area contributed by atoms with Crippen LogP contribution in [0.1, 0.15) is 16.1 Å². The summed E-state index contributed by atoms with van der Waals surface area (Å²) < 4.78 is 1.95. The summed E-state index contributed by atoms with van der Waals surface area (Å²) in [6, 6.07) is 14.0. The average molecular weight is 394 g/mol. The number of pyridine rings is 1. The number of amides is 1. The van der Waals surface area contributed by atoms with Gasteiger partial charge in [-0.05, 0) is 36.1 Å². The fourth-order valence-corrected chi connectivity index (χ4v) is 4.02. The molecule has 1 saturated heterocycles. The van der Waals surface area contributed by atoms with E-state index >= 15 is 0 Å². The van der Waals surface area contributed by atoms with Crippen molar-refractivity contribution in [2.45, 2.75) is 11.7 Å². The molecule has 1 aliphatic rings. The summed E-state index contributed by atoms with van der Waals surface area (Å²) in [7, 11) is 0. The number of thioether (sulfide) groups is 1. The number of hydrogen-bond acceptors (Lipinski definition) is 5. The molecule has 1 aromatic carbocycles. The summed E-state index contributed by atoms with van der Waals surface area (Å²) in [5, 5.41) is 0.825. The summed E-state index contributed by atoms with van der Waals surface area (Å²) in [6.07, 6.45) is 7.32. The third kappa shape index (κ3) is 3.95. The summed E-state index contributed by atoms with van der Waals surface area (Å²) in [6.45, 7) is 4.06. The maximum atomic E-state index is 13.2. The van der Waals surface area contributed by atoms with Crippen LogP contribution in [0.3, 0.4) is 0 Å². The van der Waals surface area contributed by atoms with E-state index in [9.17, 15) is 4.79 Å². The molecule has 2 aromatic heterocycles. The molecule has 4 rings (SSSR count). The number of benzene rings is 1. The van der Waals surface area contributed by atoms with Crippen LogP contribution in [0.5, 0.6) is 0 Å². The van der Waals surface area contributed by atoms with Gasteiger partial charge in [-0.1, -0.05) is 30.0 Å². The normalized spacial score (nSPS) is 15.0. The Morgan fingerprint density at radius 2 is 1.75 bits per heavy atom. The van der Waals surface area contributed by atoms with Crippen molar-refractivity contribution in [1.82, 2.24) is 24.3 Å². The third-order valence-electron chi connectivity index (χ3n) is 4.96. The van der Waals surface area contributed by atoms with Gasteiger partial charge in [-0.2, -0.15) is 0 Å². The number of imidazole rings is 1. The van der Waals surface area contributed by atoms with Gasteiger partial charge >= 0.3 is 0 Å². The molecule has 144 valence electrons. The smallest absolute Gasteiger partial charge is 0.272 e. The Bertz CT molecular complexity index is 920. The number of piperazine rings is 1. The van der Waals surface area contributed by atoms with E-state index in [2.05, 4.69) is 14.9 Å². The first-order valence-electron chi connectivity index (χ1n) is 9.34. The molecule has 28 heavy (non-hydrogen) atoms. The van der Waals surface area contributed by atoms with Gasteiger partial charge in [-0.25, -0.2) is 4.98 Å². The van der Waals surface area contributed by atoms with Gasteiger partial charge in [-0.15, -0.1) is 0 Å². The van der Waals surface area contributed by atoms with Crippen LogP contribution in [-0.4, -0.2) is 62.7 Å². The maximum absolute atomic E-state index is 13.2. The first kappa shape index (κ1) is 18.7. The van der Waals surface area contributed by atoms with Crippen LogP contribution in [0.25, 0.3) is 5.69 Å². The lowest BCUT2D eigenvalue weighted by molar-refractivity contribution is 0.0620. The van der Waals surface area contributed by atoms with E-state index in [4.69, 9.17) is 0 Å². The molecule has 0 aliphatic carbocycles. The fraction of sp³-hybridized carbons (Fsp3) is 0.286. The predicted octanol–water partition coefficient (Wildman–Crippen LogP) is 2.95. The van der Waals surface area contributed by atoms with E-state index in [1.807, 2.05) is 70.6 Å². The third-order valence-corrected chi connectivity index (χ3v) is 5.61. The van der Waals surface area contributed by atoms with Crippen LogP contribution in [-0.2, 0) is 6.54 Å². The van der Waals surface area contributed by atoms with E-state index in [0.29, 0.717) is 5.69 Å². The number of aromatic nitrogens is 3. The van der Waals surface area contributed by atoms with E-state index in [1.165, 1.54) is 5.56 Å². The summed E-state index contributed by atoms with van der Waals surface area (Å²) >= 11 is 1.54. The Kier molecular flexibility index (Phi) is 5.73. The Morgan fingerprint density at radius 1 is 1.04 bits per heavy atom. The molecule has 0 atom stereocenters. The van der Waals surface area contributed by atoms with Gasteiger partial charge in [0.2, 0.25) is 0 Å². The van der Waals surface area contributed by atoms with Gasteiger partial charge in [0.25, 0.3) is 5.91 Å². The molecule has 1 aliphatic heterocycles. The van der Waals surface area contributed by atoms with Crippen LogP contribution in [0.4, 0.5) is 0 Å². The second-order valence-electron chi connectivity index (χ2n) is 6.72. The van der Waals surface area contributed by atoms with Gasteiger partial charge in [0, 0.05) is 50.8 Å². The van der Waals surface area contributed by atoms with Crippen molar-refractivity contribution < 1.29 is 4.79 Å². The number of hydrogen-bond donors (Lipinski definition) is 0. The SMILES string of the molecule is CSc1ncc(C(=O)N2CCN(Cc3ccncc3)CC2)n1-c1ccccc1. The van der Waals surface area contributed by atoms with Crippen LogP contribution >= 0.6 is 11.8 Å². The Morgan fingerprint density at radius 3 is 2.43 bits per heavy atom. The van der Waals surface area contributed by atoms with E-state index in [-0.39, 0.29) is 5.91 Å². The standard InChI is InChI=1S/C21H23N5OS/c1-28-21-23-15-19(26(21)18-5-3-2-4-6-18)20(27)25-13-11-24(12-14-25)16-17-7-9-22-10-8-17/h2-10,15H,11-14,16H2,1H3. The minimum atomic E-state index is 0.0419. The van der Waals surface area contributed by atoms with Crippen molar-refractivity contribution >= 4 is 17.7 Å². The van der Waals surface area contributed by atoms with Crippen molar-refractivity contribution in [1.29, 1.82) is 0 Å². The first-order valence-corrected chi connectivity index (χ1v) is 10.6. The molecule has 1 fully saturated rings. The maximum Gasteiger partial charge on any atom is 0.272 e. The number of rotatable bonds is 5. The second-order valence-corrected chi connectivity index (χ2v) is 7.50. The van der Waals surface area contributed by atoms with Crippen LogP contribution in [0, 0.1) is 0 Å². The Labute approximate surface area is 169 Å². The topological polar surface area (TPSA) is 54.3 Å². The molecule has 7 heteroatoms.